The minimum absolute atomic E-state index is 0.106. The normalized spacial score (nSPS) is 18.5. The molecule has 8 rings (SSSR count). The van der Waals surface area contributed by atoms with E-state index in [9.17, 15) is 19.2 Å². The van der Waals surface area contributed by atoms with Crippen LogP contribution in [0.2, 0.25) is 0 Å². The first-order chi connectivity index (χ1) is 30.9. The standard InChI is InChI=1S/C50H58N8O6/c1-8-30-19-21-58(48(60)43(29(4)5)56-50(62)64-7)44(30)46-52-27-40(54-46)38-18-16-34-23-32(12-14-36(34)25-38)31-11-13-35-24-37(17-15-33(35)22-31)39-26-51-45(53-39)41-10-9-20-57(41)47(59)42(28(2)3)55-49(61)63-6/h11-18,22-30,41-44H,8-10,19-21H2,1-7H3,(H,51,53)(H,52,54)(H,55,61)(H,56,62)/t30-,41+,42?,43+,44+/m1/s1. The van der Waals surface area contributed by atoms with Crippen LogP contribution in [0, 0.1) is 17.8 Å². The first-order valence-corrected chi connectivity index (χ1v) is 22.4. The van der Waals surface area contributed by atoms with Crippen LogP contribution >= 0.6 is 0 Å². The van der Waals surface area contributed by atoms with Gasteiger partial charge < -0.3 is 39.9 Å². The average molecular weight is 867 g/mol. The zero-order valence-electron chi connectivity index (χ0n) is 37.6. The van der Waals surface area contributed by atoms with Crippen molar-refractivity contribution in [3.63, 3.8) is 0 Å². The lowest BCUT2D eigenvalue weighted by Crippen LogP contribution is -2.51. The van der Waals surface area contributed by atoms with Gasteiger partial charge in [-0.25, -0.2) is 19.6 Å². The topological polar surface area (TPSA) is 175 Å². The van der Waals surface area contributed by atoms with Crippen molar-refractivity contribution in [2.75, 3.05) is 27.3 Å². The Labute approximate surface area is 373 Å². The van der Waals surface area contributed by atoms with E-state index in [1.54, 1.807) is 0 Å². The lowest BCUT2D eigenvalue weighted by molar-refractivity contribution is -0.136. The third-order valence-corrected chi connectivity index (χ3v) is 13.1. The number of likely N-dealkylation sites (tertiary alicyclic amines) is 2. The number of imidazole rings is 2. The number of nitrogens with one attached hydrogen (secondary N) is 4. The summed E-state index contributed by atoms with van der Waals surface area (Å²) in [5, 5.41) is 9.88. The van der Waals surface area contributed by atoms with Crippen LogP contribution in [0.1, 0.15) is 84.0 Å². The number of aromatic nitrogens is 4. The predicted molar refractivity (Wildman–Crippen MR) is 247 cm³/mol. The quantitative estimate of drug-likeness (QED) is 0.0942. The van der Waals surface area contributed by atoms with E-state index in [1.807, 2.05) is 49.9 Å². The molecule has 2 fully saturated rings. The van der Waals surface area contributed by atoms with Gasteiger partial charge >= 0.3 is 12.2 Å². The Balaban J connectivity index is 0.971. The van der Waals surface area contributed by atoms with Gasteiger partial charge in [-0.3, -0.25) is 9.59 Å². The monoisotopic (exact) mass is 866 g/mol. The molecule has 4 amide bonds. The number of carbonyl (C=O) groups excluding carboxylic acids is 4. The highest BCUT2D eigenvalue weighted by Gasteiger charge is 2.42. The number of benzene rings is 4. The van der Waals surface area contributed by atoms with Crippen LogP contribution in [0.3, 0.4) is 0 Å². The zero-order chi connectivity index (χ0) is 45.2. The summed E-state index contributed by atoms with van der Waals surface area (Å²) in [7, 11) is 2.60. The van der Waals surface area contributed by atoms with Gasteiger partial charge in [-0.15, -0.1) is 0 Å². The van der Waals surface area contributed by atoms with Crippen LogP contribution in [0.15, 0.2) is 85.2 Å². The van der Waals surface area contributed by atoms with Crippen molar-refractivity contribution < 1.29 is 28.7 Å². The molecule has 0 bridgehead atoms. The maximum atomic E-state index is 13.9. The molecule has 6 aromatic rings. The molecule has 14 heteroatoms. The zero-order valence-corrected chi connectivity index (χ0v) is 37.6. The minimum atomic E-state index is -0.700. The van der Waals surface area contributed by atoms with Crippen molar-refractivity contribution in [1.29, 1.82) is 0 Å². The maximum absolute atomic E-state index is 13.9. The molecule has 0 saturated carbocycles. The van der Waals surface area contributed by atoms with E-state index in [-0.39, 0.29) is 41.7 Å². The molecule has 2 saturated heterocycles. The second kappa shape index (κ2) is 18.6. The van der Waals surface area contributed by atoms with Crippen LogP contribution in [0.25, 0.3) is 55.2 Å². The van der Waals surface area contributed by atoms with Crippen molar-refractivity contribution in [2.24, 2.45) is 17.8 Å². The Hall–Kier alpha value is -6.70. The number of nitrogens with zero attached hydrogens (tertiary/aromatic N) is 4. The number of alkyl carbamates (subject to hydrolysis) is 2. The van der Waals surface area contributed by atoms with E-state index in [1.165, 1.54) is 14.2 Å². The van der Waals surface area contributed by atoms with E-state index >= 15 is 0 Å². The third-order valence-electron chi connectivity index (χ3n) is 13.1. The Bertz CT molecular complexity index is 2690. The number of fused-ring (bicyclic) bond motifs is 2. The third kappa shape index (κ3) is 8.78. The Morgan fingerprint density at radius 2 is 1.09 bits per heavy atom. The molecule has 2 aromatic heterocycles. The highest BCUT2D eigenvalue weighted by Crippen LogP contribution is 2.40. The molecular weight excluding hydrogens is 809 g/mol. The fraction of sp³-hybridized carbons (Fsp3) is 0.400. The van der Waals surface area contributed by atoms with Crippen molar-refractivity contribution in [3.05, 3.63) is 96.8 Å². The lowest BCUT2D eigenvalue weighted by Gasteiger charge is -2.31. The Morgan fingerprint density at radius 3 is 1.58 bits per heavy atom. The van der Waals surface area contributed by atoms with E-state index in [0.29, 0.717) is 13.1 Å². The molecule has 0 spiro atoms. The van der Waals surface area contributed by atoms with Crippen LogP contribution in [0.4, 0.5) is 9.59 Å². The van der Waals surface area contributed by atoms with Gasteiger partial charge in [0.25, 0.3) is 0 Å². The molecule has 5 atom stereocenters. The number of ether oxygens (including phenoxy) is 2. The molecule has 334 valence electrons. The molecule has 64 heavy (non-hydrogen) atoms. The fourth-order valence-electron chi connectivity index (χ4n) is 9.44. The largest absolute Gasteiger partial charge is 0.453 e. The lowest BCUT2D eigenvalue weighted by atomic mass is 9.96. The molecular formula is C50H58N8O6. The van der Waals surface area contributed by atoms with Crippen molar-refractivity contribution in [1.82, 2.24) is 40.4 Å². The molecule has 2 aliphatic heterocycles. The molecule has 4 aromatic carbocycles. The highest BCUT2D eigenvalue weighted by atomic mass is 16.5. The SMILES string of the molecule is CC[C@@H]1CCN(C(=O)[C@@H](NC(=O)OC)C(C)C)[C@@H]1c1ncc(-c2ccc3cc(-c4ccc5cc(-c6cnc([C@@H]7CCCN7C(=O)C(NC(=O)OC)C(C)C)[nH]6)ccc5c4)ccc3c2)[nH]1. The highest BCUT2D eigenvalue weighted by molar-refractivity contribution is 5.94. The van der Waals surface area contributed by atoms with Gasteiger partial charge in [-0.2, -0.15) is 0 Å². The summed E-state index contributed by atoms with van der Waals surface area (Å²) in [6, 6.07) is 24.0. The number of amides is 4. The van der Waals surface area contributed by atoms with E-state index in [4.69, 9.17) is 19.4 Å². The number of H-pyrrole nitrogens is 2. The van der Waals surface area contributed by atoms with E-state index in [2.05, 4.69) is 100 Å². The average Bonchev–Trinajstić information content (AvgIpc) is 4.15. The molecule has 4 N–H and O–H groups in total. The van der Waals surface area contributed by atoms with Gasteiger partial charge in [0.2, 0.25) is 11.8 Å². The maximum Gasteiger partial charge on any atom is 0.407 e. The predicted octanol–water partition coefficient (Wildman–Crippen LogP) is 9.16. The van der Waals surface area contributed by atoms with E-state index < -0.39 is 24.3 Å². The van der Waals surface area contributed by atoms with Gasteiger partial charge in [-0.1, -0.05) is 89.6 Å². The number of methoxy groups -OCH3 is 2. The van der Waals surface area contributed by atoms with Crippen LogP contribution in [-0.4, -0.2) is 93.1 Å². The minimum Gasteiger partial charge on any atom is -0.453 e. The van der Waals surface area contributed by atoms with E-state index in [0.717, 1.165) is 92.5 Å². The second-order valence-electron chi connectivity index (χ2n) is 17.8. The Kier molecular flexibility index (Phi) is 12.7. The summed E-state index contributed by atoms with van der Waals surface area (Å²) < 4.78 is 9.60. The summed E-state index contributed by atoms with van der Waals surface area (Å²) >= 11 is 0. The Morgan fingerprint density at radius 1 is 0.641 bits per heavy atom. The number of hydrogen-bond acceptors (Lipinski definition) is 8. The van der Waals surface area contributed by atoms with Gasteiger partial charge in [0.05, 0.1) is 50.1 Å². The summed E-state index contributed by atoms with van der Waals surface area (Å²) in [6.07, 6.45) is 5.83. The van der Waals surface area contributed by atoms with Gasteiger partial charge in [0.1, 0.15) is 23.7 Å². The number of carbonyl (C=O) groups is 4. The molecule has 0 aliphatic carbocycles. The van der Waals surface area contributed by atoms with Crippen LogP contribution in [0.5, 0.6) is 0 Å². The van der Waals surface area contributed by atoms with Crippen molar-refractivity contribution in [3.8, 4) is 33.6 Å². The molecule has 0 radical (unpaired) electrons. The van der Waals surface area contributed by atoms with Crippen LogP contribution < -0.4 is 10.6 Å². The van der Waals surface area contributed by atoms with Gasteiger partial charge in [0.15, 0.2) is 0 Å². The molecule has 14 nitrogen and oxygen atoms in total. The summed E-state index contributed by atoms with van der Waals surface area (Å²) in [6.45, 7) is 11.0. The van der Waals surface area contributed by atoms with Crippen molar-refractivity contribution in [2.45, 2.75) is 84.5 Å². The first-order valence-electron chi connectivity index (χ1n) is 22.4. The number of hydrogen-bond donors (Lipinski definition) is 4. The summed E-state index contributed by atoms with van der Waals surface area (Å²) in [4.78, 5) is 71.9. The molecule has 4 heterocycles. The van der Waals surface area contributed by atoms with Gasteiger partial charge in [0, 0.05) is 24.2 Å². The molecule has 2 aliphatic rings. The second-order valence-corrected chi connectivity index (χ2v) is 17.8. The number of aromatic amines is 2. The molecule has 1 unspecified atom stereocenters. The van der Waals surface area contributed by atoms with Gasteiger partial charge in [-0.05, 0) is 94.0 Å². The smallest absolute Gasteiger partial charge is 0.407 e. The summed E-state index contributed by atoms with van der Waals surface area (Å²) in [5.41, 5.74) is 5.98. The fourth-order valence-corrected chi connectivity index (χ4v) is 9.44. The summed E-state index contributed by atoms with van der Waals surface area (Å²) in [5.74, 6) is 1.24. The first kappa shape index (κ1) is 43.9. The van der Waals surface area contributed by atoms with Crippen molar-refractivity contribution >= 4 is 45.5 Å². The number of rotatable bonds is 12. The van der Waals surface area contributed by atoms with Crippen LogP contribution in [-0.2, 0) is 19.1 Å².